The molecule has 2 rings (SSSR count). The van der Waals surface area contributed by atoms with Gasteiger partial charge in [-0.3, -0.25) is 4.79 Å². The Hall–Kier alpha value is -2.35. The molecule has 0 unspecified atom stereocenters. The average Bonchev–Trinajstić information content (AvgIpc) is 2.73. The largest absolute Gasteiger partial charge is 0.478 e. The minimum atomic E-state index is -1.11. The third kappa shape index (κ3) is 2.48. The second kappa shape index (κ2) is 4.88. The summed E-state index contributed by atoms with van der Waals surface area (Å²) in [7, 11) is 0. The molecule has 0 saturated heterocycles. The van der Waals surface area contributed by atoms with E-state index in [2.05, 4.69) is 15.3 Å². The molecule has 8 heteroatoms. The number of nitrogens with zero attached hydrogens (tertiary/aromatic N) is 1. The molecule has 0 aliphatic carbocycles. The number of nitrogen functional groups attached to an aromatic ring is 1. The minimum absolute atomic E-state index is 0.00804. The molecular weight excluding hydrogens is 256 g/mol. The van der Waals surface area contributed by atoms with Gasteiger partial charge in [-0.25, -0.2) is 9.78 Å². The topological polar surface area (TPSA) is 121 Å². The number of carbonyl (C=O) groups is 1. The maximum absolute atomic E-state index is 10.9. The molecule has 0 saturated carbocycles. The lowest BCUT2D eigenvalue weighted by atomic mass is 10.2. The third-order valence-electron chi connectivity index (χ3n) is 2.24. The Morgan fingerprint density at radius 3 is 3.00 bits per heavy atom. The van der Waals surface area contributed by atoms with Gasteiger partial charge in [0.05, 0.1) is 17.8 Å². The summed E-state index contributed by atoms with van der Waals surface area (Å²) in [4.78, 5) is 28.2. The van der Waals surface area contributed by atoms with E-state index >= 15 is 0 Å². The van der Waals surface area contributed by atoms with Crippen molar-refractivity contribution < 1.29 is 9.90 Å². The number of carboxylic acid groups (broad SMARTS) is 1. The first kappa shape index (κ1) is 12.1. The van der Waals surface area contributed by atoms with Crippen LogP contribution >= 0.6 is 11.3 Å². The van der Waals surface area contributed by atoms with E-state index in [1.807, 2.05) is 0 Å². The van der Waals surface area contributed by atoms with Crippen LogP contribution in [0.3, 0.4) is 0 Å². The monoisotopic (exact) mass is 266 g/mol. The van der Waals surface area contributed by atoms with Gasteiger partial charge in [0, 0.05) is 17.3 Å². The van der Waals surface area contributed by atoms with Crippen LogP contribution in [0.2, 0.25) is 0 Å². The molecule has 18 heavy (non-hydrogen) atoms. The van der Waals surface area contributed by atoms with E-state index in [-0.39, 0.29) is 21.9 Å². The van der Waals surface area contributed by atoms with Crippen molar-refractivity contribution in [2.45, 2.75) is 6.54 Å². The van der Waals surface area contributed by atoms with Gasteiger partial charge in [0.15, 0.2) is 0 Å². The molecule has 0 spiro atoms. The molecule has 0 amide bonds. The second-order valence-corrected chi connectivity index (χ2v) is 4.30. The highest BCUT2D eigenvalue weighted by Crippen LogP contribution is 2.20. The number of aromatic amines is 1. The van der Waals surface area contributed by atoms with Crippen LogP contribution in [0.1, 0.15) is 16.1 Å². The van der Waals surface area contributed by atoms with E-state index < -0.39 is 5.97 Å². The van der Waals surface area contributed by atoms with Gasteiger partial charge in [-0.2, -0.15) is 0 Å². The zero-order valence-electron chi connectivity index (χ0n) is 9.14. The van der Waals surface area contributed by atoms with Gasteiger partial charge in [0.2, 0.25) is 0 Å². The van der Waals surface area contributed by atoms with Gasteiger partial charge in [-0.15, -0.1) is 0 Å². The molecule has 2 aromatic heterocycles. The highest BCUT2D eigenvalue weighted by atomic mass is 32.1. The lowest BCUT2D eigenvalue weighted by Gasteiger charge is -2.08. The molecule has 2 aromatic rings. The highest BCUT2D eigenvalue weighted by molar-refractivity contribution is 7.07. The van der Waals surface area contributed by atoms with Crippen molar-refractivity contribution in [3.63, 3.8) is 0 Å². The number of thiazole rings is 1. The van der Waals surface area contributed by atoms with Crippen LogP contribution in [-0.2, 0) is 6.54 Å². The SMILES string of the molecule is Nc1c(C(=O)O)ccnc1NCc1csc(=O)[nH]1. The number of nitrogens with two attached hydrogens (primary N) is 1. The van der Waals surface area contributed by atoms with E-state index in [0.717, 1.165) is 11.3 Å². The molecular formula is C10H10N4O3S. The lowest BCUT2D eigenvalue weighted by molar-refractivity contribution is 0.0698. The Morgan fingerprint density at radius 1 is 1.61 bits per heavy atom. The number of pyridine rings is 1. The van der Waals surface area contributed by atoms with Crippen molar-refractivity contribution in [3.8, 4) is 0 Å². The fraction of sp³-hybridized carbons (Fsp3) is 0.100. The number of nitrogens with one attached hydrogen (secondary N) is 2. The number of H-pyrrole nitrogens is 1. The van der Waals surface area contributed by atoms with Crippen molar-refractivity contribution in [3.05, 3.63) is 38.6 Å². The number of aromatic nitrogens is 2. The maximum atomic E-state index is 10.9. The second-order valence-electron chi connectivity index (χ2n) is 3.45. The quantitative estimate of drug-likeness (QED) is 0.647. The van der Waals surface area contributed by atoms with Crippen molar-refractivity contribution in [1.29, 1.82) is 0 Å². The van der Waals surface area contributed by atoms with Crippen molar-refractivity contribution >= 4 is 28.8 Å². The van der Waals surface area contributed by atoms with Crippen molar-refractivity contribution in [1.82, 2.24) is 9.97 Å². The average molecular weight is 266 g/mol. The van der Waals surface area contributed by atoms with Gasteiger partial charge in [0.25, 0.3) is 0 Å². The summed E-state index contributed by atoms with van der Waals surface area (Å²) in [6, 6.07) is 1.33. The Balaban J connectivity index is 2.17. The number of rotatable bonds is 4. The number of hydrogen-bond donors (Lipinski definition) is 4. The van der Waals surface area contributed by atoms with Gasteiger partial charge in [0.1, 0.15) is 5.82 Å². The first-order valence-corrected chi connectivity index (χ1v) is 5.84. The van der Waals surface area contributed by atoms with Crippen LogP contribution in [0, 0.1) is 0 Å². The van der Waals surface area contributed by atoms with Crippen LogP contribution in [0.4, 0.5) is 11.5 Å². The predicted molar refractivity (Wildman–Crippen MR) is 67.9 cm³/mol. The number of aromatic carboxylic acids is 1. The predicted octanol–water partition coefficient (Wildman–Crippen LogP) is 0.724. The van der Waals surface area contributed by atoms with E-state index in [0.29, 0.717) is 12.2 Å². The standard InChI is InChI=1S/C10H10N4O3S/c11-7-6(9(15)16)1-2-12-8(7)13-3-5-4-18-10(17)14-5/h1-2,4H,3,11H2,(H,12,13)(H,14,17)(H,15,16). The van der Waals surface area contributed by atoms with E-state index in [1.54, 1.807) is 5.38 Å². The lowest BCUT2D eigenvalue weighted by Crippen LogP contribution is -2.10. The molecule has 0 radical (unpaired) electrons. The summed E-state index contributed by atoms with van der Waals surface area (Å²) in [6.07, 6.45) is 1.36. The first-order valence-electron chi connectivity index (χ1n) is 4.96. The van der Waals surface area contributed by atoms with Crippen LogP contribution in [0.5, 0.6) is 0 Å². The third-order valence-corrected chi connectivity index (χ3v) is 2.96. The van der Waals surface area contributed by atoms with E-state index in [4.69, 9.17) is 10.8 Å². The molecule has 7 nitrogen and oxygen atoms in total. The van der Waals surface area contributed by atoms with Crippen LogP contribution < -0.4 is 15.9 Å². The fourth-order valence-corrected chi connectivity index (χ4v) is 1.96. The van der Waals surface area contributed by atoms with Crippen molar-refractivity contribution in [2.75, 3.05) is 11.1 Å². The number of anilines is 2. The van der Waals surface area contributed by atoms with Gasteiger partial charge >= 0.3 is 10.8 Å². The van der Waals surface area contributed by atoms with E-state index in [1.165, 1.54) is 12.3 Å². The molecule has 94 valence electrons. The molecule has 0 bridgehead atoms. The van der Waals surface area contributed by atoms with Crippen LogP contribution in [0.15, 0.2) is 22.4 Å². The Kier molecular flexibility index (Phi) is 3.28. The molecule has 0 aliphatic rings. The van der Waals surface area contributed by atoms with Gasteiger partial charge in [-0.05, 0) is 6.07 Å². The van der Waals surface area contributed by atoms with Crippen LogP contribution in [0.25, 0.3) is 0 Å². The summed E-state index contributed by atoms with van der Waals surface area (Å²) >= 11 is 1.05. The maximum Gasteiger partial charge on any atom is 0.337 e. The zero-order chi connectivity index (χ0) is 13.1. The number of hydrogen-bond acceptors (Lipinski definition) is 6. The first-order chi connectivity index (χ1) is 8.58. The fourth-order valence-electron chi connectivity index (χ4n) is 1.38. The molecule has 2 heterocycles. The molecule has 5 N–H and O–H groups in total. The zero-order valence-corrected chi connectivity index (χ0v) is 9.95. The summed E-state index contributed by atoms with van der Waals surface area (Å²) in [5.74, 6) is -0.830. The van der Waals surface area contributed by atoms with Crippen molar-refractivity contribution in [2.24, 2.45) is 0 Å². The Bertz CT molecular complexity index is 634. The summed E-state index contributed by atoms with van der Waals surface area (Å²) in [6.45, 7) is 0.318. The smallest absolute Gasteiger partial charge is 0.337 e. The summed E-state index contributed by atoms with van der Waals surface area (Å²) < 4.78 is 0. The number of carboxylic acids is 1. The molecule has 0 atom stereocenters. The normalized spacial score (nSPS) is 10.2. The summed E-state index contributed by atoms with van der Waals surface area (Å²) in [5.41, 5.74) is 6.43. The highest BCUT2D eigenvalue weighted by Gasteiger charge is 2.12. The molecule has 0 aliphatic heterocycles. The van der Waals surface area contributed by atoms with E-state index in [9.17, 15) is 9.59 Å². The molecule has 0 aromatic carbocycles. The summed E-state index contributed by atoms with van der Waals surface area (Å²) in [5, 5.41) is 13.4. The van der Waals surface area contributed by atoms with Gasteiger partial charge in [-0.1, -0.05) is 11.3 Å². The van der Waals surface area contributed by atoms with Gasteiger partial charge < -0.3 is 21.1 Å². The van der Waals surface area contributed by atoms with Crippen LogP contribution in [-0.4, -0.2) is 21.0 Å². The Labute approximate surface area is 105 Å². The Morgan fingerprint density at radius 2 is 2.39 bits per heavy atom. The molecule has 0 fully saturated rings. The minimum Gasteiger partial charge on any atom is -0.478 e.